The summed E-state index contributed by atoms with van der Waals surface area (Å²) in [6.45, 7) is 3.30. The smallest absolute Gasteiger partial charge is 0.238 e. The zero-order chi connectivity index (χ0) is 20.4. The van der Waals surface area contributed by atoms with Crippen LogP contribution in [0.1, 0.15) is 20.3 Å². The lowest BCUT2D eigenvalue weighted by Gasteiger charge is -2.40. The summed E-state index contributed by atoms with van der Waals surface area (Å²) >= 11 is 0. The summed E-state index contributed by atoms with van der Waals surface area (Å²) in [5.41, 5.74) is 4.93. The van der Waals surface area contributed by atoms with E-state index in [-0.39, 0.29) is 11.6 Å². The van der Waals surface area contributed by atoms with E-state index in [0.29, 0.717) is 6.42 Å². The third-order valence-corrected chi connectivity index (χ3v) is 6.19. The van der Waals surface area contributed by atoms with Gasteiger partial charge in [-0.3, -0.25) is 15.4 Å². The Hall–Kier alpha value is -1.98. The van der Waals surface area contributed by atoms with Crippen LogP contribution in [0.15, 0.2) is 17.1 Å². The predicted molar refractivity (Wildman–Crippen MR) is 101 cm³/mol. The average molecular weight is 405 g/mol. The van der Waals surface area contributed by atoms with Crippen LogP contribution < -0.4 is 21.1 Å². The second-order valence-corrected chi connectivity index (χ2v) is 8.64. The van der Waals surface area contributed by atoms with E-state index in [1.807, 2.05) is 6.92 Å². The van der Waals surface area contributed by atoms with Gasteiger partial charge in [0.25, 0.3) is 0 Å². The van der Waals surface area contributed by atoms with Crippen LogP contribution in [0, 0.1) is 17.6 Å². The van der Waals surface area contributed by atoms with E-state index in [9.17, 15) is 17.2 Å². The number of rotatable bonds is 8. The Balaban J connectivity index is 2.27. The van der Waals surface area contributed by atoms with Gasteiger partial charge in [-0.05, 0) is 31.4 Å². The number of methoxy groups -OCH3 is 1. The van der Waals surface area contributed by atoms with Crippen molar-refractivity contribution in [3.63, 3.8) is 0 Å². The van der Waals surface area contributed by atoms with E-state index < -0.39 is 44.5 Å². The molecule has 1 aliphatic rings. The zero-order valence-corrected chi connectivity index (χ0v) is 16.4. The molecule has 152 valence electrons. The highest BCUT2D eigenvalue weighted by atomic mass is 32.2. The highest BCUT2D eigenvalue weighted by Crippen LogP contribution is 2.37. The van der Waals surface area contributed by atoms with Crippen LogP contribution in [-0.2, 0) is 14.8 Å². The maximum atomic E-state index is 14.8. The fourth-order valence-electron chi connectivity index (χ4n) is 2.96. The molecule has 0 spiro atoms. The molecule has 5 N–H and O–H groups in total. The minimum absolute atomic E-state index is 0.0797. The molecule has 0 radical (unpaired) electrons. The molecule has 3 unspecified atom stereocenters. The predicted octanol–water partition coefficient (Wildman–Crippen LogP) is 1.42. The molecular weight excluding hydrogens is 380 g/mol. The van der Waals surface area contributed by atoms with Gasteiger partial charge in [-0.25, -0.2) is 17.2 Å². The van der Waals surface area contributed by atoms with Gasteiger partial charge in [0.15, 0.2) is 11.6 Å². The first-order valence-electron chi connectivity index (χ1n) is 8.30. The van der Waals surface area contributed by atoms with Crippen molar-refractivity contribution < 1.29 is 21.9 Å². The van der Waals surface area contributed by atoms with E-state index in [2.05, 4.69) is 20.3 Å². The molecule has 1 aliphatic carbocycles. The lowest BCUT2D eigenvalue weighted by atomic mass is 9.83. The molecule has 1 fully saturated rings. The van der Waals surface area contributed by atoms with Crippen molar-refractivity contribution in [2.45, 2.75) is 37.4 Å². The highest BCUT2D eigenvalue weighted by molar-refractivity contribution is 7.93. The van der Waals surface area contributed by atoms with Crippen LogP contribution in [0.2, 0.25) is 0 Å². The fraction of sp³-hybridized carbons (Fsp3) is 0.562. The third-order valence-electron chi connectivity index (χ3n) is 4.42. The summed E-state index contributed by atoms with van der Waals surface area (Å²) in [7, 11) is -0.991. The van der Waals surface area contributed by atoms with Gasteiger partial charge in [0, 0.05) is 14.2 Å². The Morgan fingerprint density at radius 3 is 2.63 bits per heavy atom. The molecular formula is C16H25F2N5O3S. The van der Waals surface area contributed by atoms with Crippen molar-refractivity contribution in [1.82, 2.24) is 5.32 Å². The first-order valence-corrected chi connectivity index (χ1v) is 9.85. The standard InChI is InChI=1S/C16H25F2N5O3S/c1-9-7-12(15(9)26-4)27(24,25)23-11-6-5-10(17)14(13(11)18)22-16(2,19)21-8-20-3/h5-6,8-9,12,15,22-23H,7,19H2,1-4H3,(H,20,21)/t9?,12-,15?,16?/m0/s1. The van der Waals surface area contributed by atoms with Gasteiger partial charge in [-0.15, -0.1) is 0 Å². The minimum Gasteiger partial charge on any atom is -0.380 e. The van der Waals surface area contributed by atoms with Crippen LogP contribution in [-0.4, -0.2) is 46.1 Å². The van der Waals surface area contributed by atoms with E-state index in [1.54, 1.807) is 0 Å². The molecule has 11 heteroatoms. The summed E-state index contributed by atoms with van der Waals surface area (Å²) < 4.78 is 61.4. The van der Waals surface area contributed by atoms with Crippen LogP contribution in [0.3, 0.4) is 0 Å². The number of nitrogens with one attached hydrogen (secondary N) is 3. The van der Waals surface area contributed by atoms with Gasteiger partial charge in [-0.1, -0.05) is 6.92 Å². The van der Waals surface area contributed by atoms with E-state index in [1.165, 1.54) is 27.4 Å². The van der Waals surface area contributed by atoms with Crippen molar-refractivity contribution in [3.05, 3.63) is 23.8 Å². The van der Waals surface area contributed by atoms with Crippen molar-refractivity contribution in [1.29, 1.82) is 0 Å². The number of hydrogen-bond donors (Lipinski definition) is 4. The molecule has 27 heavy (non-hydrogen) atoms. The lowest BCUT2D eigenvalue weighted by molar-refractivity contribution is -0.00313. The average Bonchev–Trinajstić information content (AvgIpc) is 2.57. The molecule has 2 rings (SSSR count). The quantitative estimate of drug-likeness (QED) is 0.295. The first kappa shape index (κ1) is 21.3. The second-order valence-electron chi connectivity index (χ2n) is 6.74. The van der Waals surface area contributed by atoms with E-state index in [0.717, 1.165) is 12.1 Å². The summed E-state index contributed by atoms with van der Waals surface area (Å²) in [5, 5.41) is 4.28. The fourth-order valence-corrected chi connectivity index (χ4v) is 4.87. The number of nitrogens with zero attached hydrogens (tertiary/aromatic N) is 1. The van der Waals surface area contributed by atoms with Crippen LogP contribution in [0.5, 0.6) is 0 Å². The Bertz CT molecular complexity index is 817. The summed E-state index contributed by atoms with van der Waals surface area (Å²) in [5.74, 6) is -3.37. The number of nitrogens with two attached hydrogens (primary N) is 1. The van der Waals surface area contributed by atoms with Crippen LogP contribution in [0.4, 0.5) is 20.2 Å². The normalized spacial score (nSPS) is 24.9. The van der Waals surface area contributed by atoms with Gasteiger partial charge >= 0.3 is 0 Å². The van der Waals surface area contributed by atoms with Gasteiger partial charge in [0.05, 0.1) is 18.1 Å². The number of ether oxygens (including phenoxy) is 1. The van der Waals surface area contributed by atoms with Crippen LogP contribution >= 0.6 is 0 Å². The molecule has 0 heterocycles. The van der Waals surface area contributed by atoms with Gasteiger partial charge in [0.1, 0.15) is 16.8 Å². The molecule has 1 aromatic carbocycles. The van der Waals surface area contributed by atoms with Gasteiger partial charge < -0.3 is 15.4 Å². The number of benzene rings is 1. The lowest BCUT2D eigenvalue weighted by Crippen LogP contribution is -2.57. The molecule has 0 aliphatic heterocycles. The summed E-state index contributed by atoms with van der Waals surface area (Å²) in [4.78, 5) is 3.68. The Morgan fingerprint density at radius 1 is 1.41 bits per heavy atom. The summed E-state index contributed by atoms with van der Waals surface area (Å²) in [6, 6.07) is 1.97. The molecule has 4 atom stereocenters. The number of anilines is 2. The van der Waals surface area contributed by atoms with Gasteiger partial charge in [0.2, 0.25) is 10.0 Å². The van der Waals surface area contributed by atoms with Crippen molar-refractivity contribution in [2.75, 3.05) is 24.2 Å². The zero-order valence-electron chi connectivity index (χ0n) is 15.6. The second kappa shape index (κ2) is 7.95. The maximum absolute atomic E-state index is 14.8. The van der Waals surface area contributed by atoms with Gasteiger partial charge in [-0.2, -0.15) is 0 Å². The Labute approximate surface area is 157 Å². The number of hydrogen-bond acceptors (Lipinski definition) is 6. The largest absolute Gasteiger partial charge is 0.380 e. The Kier molecular flexibility index (Phi) is 6.28. The van der Waals surface area contributed by atoms with E-state index >= 15 is 0 Å². The van der Waals surface area contributed by atoms with E-state index in [4.69, 9.17) is 10.5 Å². The molecule has 1 aromatic rings. The highest BCUT2D eigenvalue weighted by Gasteiger charge is 2.47. The number of aliphatic imine (C=N–C) groups is 1. The molecule has 0 aromatic heterocycles. The molecule has 1 saturated carbocycles. The third kappa shape index (κ3) is 4.66. The van der Waals surface area contributed by atoms with Crippen molar-refractivity contribution in [2.24, 2.45) is 16.6 Å². The monoisotopic (exact) mass is 405 g/mol. The first-order chi connectivity index (χ1) is 12.5. The SMILES string of the molecule is CN=CNC(C)(N)Nc1c(F)ccc(NS(=O)(=O)[C@H]2CC(C)C2OC)c1F. The summed E-state index contributed by atoms with van der Waals surface area (Å²) in [6.07, 6.45) is 1.18. The number of sulfonamides is 1. The minimum atomic E-state index is -3.91. The molecule has 0 bridgehead atoms. The maximum Gasteiger partial charge on any atom is 0.238 e. The number of halogens is 2. The molecule has 0 saturated heterocycles. The Morgan fingerprint density at radius 2 is 2.07 bits per heavy atom. The molecule has 8 nitrogen and oxygen atoms in total. The topological polar surface area (TPSA) is 118 Å². The van der Waals surface area contributed by atoms with Crippen molar-refractivity contribution in [3.8, 4) is 0 Å². The van der Waals surface area contributed by atoms with Crippen molar-refractivity contribution >= 4 is 27.7 Å². The van der Waals surface area contributed by atoms with Crippen LogP contribution in [0.25, 0.3) is 0 Å². The molecule has 0 amide bonds.